The molecule has 0 spiro atoms. The van der Waals surface area contributed by atoms with Crippen LogP contribution in [0, 0.1) is 0 Å². The Morgan fingerprint density at radius 2 is 2.24 bits per heavy atom. The number of anilines is 1. The van der Waals surface area contributed by atoms with E-state index in [0.717, 1.165) is 30.8 Å². The summed E-state index contributed by atoms with van der Waals surface area (Å²) in [7, 11) is 0. The van der Waals surface area contributed by atoms with Gasteiger partial charge in [0.1, 0.15) is 0 Å². The van der Waals surface area contributed by atoms with E-state index >= 15 is 0 Å². The molecule has 1 aliphatic heterocycles. The van der Waals surface area contributed by atoms with E-state index < -0.39 is 0 Å². The average molecular weight is 228 g/mol. The van der Waals surface area contributed by atoms with Crippen LogP contribution in [-0.4, -0.2) is 24.2 Å². The van der Waals surface area contributed by atoms with Gasteiger partial charge in [0.2, 0.25) is 0 Å². The van der Waals surface area contributed by atoms with Crippen molar-refractivity contribution in [2.45, 2.75) is 18.9 Å². The number of nitrogens with zero attached hydrogens (tertiary/aromatic N) is 1. The molecule has 1 atom stereocenters. The van der Waals surface area contributed by atoms with Crippen molar-refractivity contribution in [2.75, 3.05) is 18.5 Å². The van der Waals surface area contributed by atoms with E-state index in [1.54, 1.807) is 0 Å². The number of aromatic nitrogens is 1. The maximum absolute atomic E-state index is 5.61. The Balaban J connectivity index is 1.79. The molecule has 17 heavy (non-hydrogen) atoms. The molecular weight excluding hydrogens is 212 g/mol. The molecule has 1 aromatic carbocycles. The minimum absolute atomic E-state index is 0.363. The zero-order valence-corrected chi connectivity index (χ0v) is 9.73. The van der Waals surface area contributed by atoms with E-state index in [4.69, 9.17) is 4.74 Å². The van der Waals surface area contributed by atoms with Crippen LogP contribution in [0.2, 0.25) is 0 Å². The van der Waals surface area contributed by atoms with Crippen molar-refractivity contribution in [2.24, 2.45) is 0 Å². The van der Waals surface area contributed by atoms with Crippen LogP contribution >= 0.6 is 0 Å². The predicted octanol–water partition coefficient (Wildman–Crippen LogP) is 2.83. The summed E-state index contributed by atoms with van der Waals surface area (Å²) in [5, 5.41) is 4.64. The molecule has 0 saturated carbocycles. The van der Waals surface area contributed by atoms with E-state index in [1.807, 2.05) is 30.5 Å². The van der Waals surface area contributed by atoms with Crippen molar-refractivity contribution in [3.8, 4) is 0 Å². The van der Waals surface area contributed by atoms with Crippen LogP contribution in [0.25, 0.3) is 10.9 Å². The van der Waals surface area contributed by atoms with Crippen LogP contribution in [0.15, 0.2) is 36.5 Å². The molecule has 1 saturated heterocycles. The third-order valence-corrected chi connectivity index (χ3v) is 3.19. The van der Waals surface area contributed by atoms with E-state index in [2.05, 4.69) is 16.4 Å². The van der Waals surface area contributed by atoms with E-state index in [0.29, 0.717) is 6.10 Å². The minimum atomic E-state index is 0.363. The smallest absolute Gasteiger partial charge is 0.0748 e. The van der Waals surface area contributed by atoms with Gasteiger partial charge in [0.05, 0.1) is 11.6 Å². The lowest BCUT2D eigenvalue weighted by Gasteiger charge is -2.13. The molecule has 1 N–H and O–H groups in total. The molecule has 0 bridgehead atoms. The third kappa shape index (κ3) is 2.24. The lowest BCUT2D eigenvalue weighted by Crippen LogP contribution is -2.18. The summed E-state index contributed by atoms with van der Waals surface area (Å²) in [6.45, 7) is 1.79. The second-order valence-corrected chi connectivity index (χ2v) is 4.39. The van der Waals surface area contributed by atoms with Gasteiger partial charge in [-0.1, -0.05) is 18.2 Å². The van der Waals surface area contributed by atoms with Crippen molar-refractivity contribution < 1.29 is 4.74 Å². The Morgan fingerprint density at radius 3 is 3.12 bits per heavy atom. The fourth-order valence-electron chi connectivity index (χ4n) is 2.28. The van der Waals surface area contributed by atoms with Gasteiger partial charge in [-0.15, -0.1) is 0 Å². The van der Waals surface area contributed by atoms with Crippen LogP contribution in [0.4, 0.5) is 5.69 Å². The minimum Gasteiger partial charge on any atom is -0.382 e. The highest BCUT2D eigenvalue weighted by Crippen LogP contribution is 2.21. The standard InChI is InChI=1S/C14H16N2O/c1-2-6-13-12(5-1)14(7-8-15-13)16-10-11-4-3-9-17-11/h1-2,5-8,11H,3-4,9-10H2,(H,15,16). The van der Waals surface area contributed by atoms with Gasteiger partial charge >= 0.3 is 0 Å². The predicted molar refractivity (Wildman–Crippen MR) is 69.2 cm³/mol. The molecular formula is C14H16N2O. The molecule has 3 nitrogen and oxygen atoms in total. The topological polar surface area (TPSA) is 34.1 Å². The van der Waals surface area contributed by atoms with Crippen molar-refractivity contribution in [3.63, 3.8) is 0 Å². The monoisotopic (exact) mass is 228 g/mol. The summed E-state index contributed by atoms with van der Waals surface area (Å²) < 4.78 is 5.61. The fraction of sp³-hybridized carbons (Fsp3) is 0.357. The number of fused-ring (bicyclic) bond motifs is 1. The molecule has 0 radical (unpaired) electrons. The molecule has 88 valence electrons. The summed E-state index contributed by atoms with van der Waals surface area (Å²) in [4.78, 5) is 4.35. The molecule has 1 unspecified atom stereocenters. The van der Waals surface area contributed by atoms with Crippen molar-refractivity contribution >= 4 is 16.6 Å². The molecule has 0 aliphatic carbocycles. The number of rotatable bonds is 3. The summed E-state index contributed by atoms with van der Waals surface area (Å²) in [6.07, 6.45) is 4.56. The second-order valence-electron chi connectivity index (χ2n) is 4.39. The fourth-order valence-corrected chi connectivity index (χ4v) is 2.28. The first-order chi connectivity index (χ1) is 8.43. The Labute approximate surface area is 101 Å². The first kappa shape index (κ1) is 10.5. The Kier molecular flexibility index (Phi) is 2.92. The number of hydrogen-bond acceptors (Lipinski definition) is 3. The van der Waals surface area contributed by atoms with Crippen LogP contribution in [0.3, 0.4) is 0 Å². The first-order valence-corrected chi connectivity index (χ1v) is 6.13. The highest BCUT2D eigenvalue weighted by Gasteiger charge is 2.15. The first-order valence-electron chi connectivity index (χ1n) is 6.13. The van der Waals surface area contributed by atoms with Gasteiger partial charge < -0.3 is 10.1 Å². The molecule has 3 rings (SSSR count). The maximum Gasteiger partial charge on any atom is 0.0748 e. The largest absolute Gasteiger partial charge is 0.382 e. The lowest BCUT2D eigenvalue weighted by atomic mass is 10.2. The molecule has 1 fully saturated rings. The Hall–Kier alpha value is -1.61. The van der Waals surface area contributed by atoms with Crippen LogP contribution in [0.1, 0.15) is 12.8 Å². The molecule has 0 amide bonds. The molecule has 2 heterocycles. The normalized spacial score (nSPS) is 19.6. The highest BCUT2D eigenvalue weighted by atomic mass is 16.5. The zero-order chi connectivity index (χ0) is 11.5. The third-order valence-electron chi connectivity index (χ3n) is 3.19. The Morgan fingerprint density at radius 1 is 1.29 bits per heavy atom. The molecule has 3 heteroatoms. The summed E-state index contributed by atoms with van der Waals surface area (Å²) >= 11 is 0. The molecule has 2 aromatic rings. The number of nitrogens with one attached hydrogen (secondary N) is 1. The van der Waals surface area contributed by atoms with Gasteiger partial charge in [0.15, 0.2) is 0 Å². The quantitative estimate of drug-likeness (QED) is 0.877. The summed E-state index contributed by atoms with van der Waals surface area (Å²) in [5.74, 6) is 0. The lowest BCUT2D eigenvalue weighted by molar-refractivity contribution is 0.120. The van der Waals surface area contributed by atoms with Crippen molar-refractivity contribution in [1.29, 1.82) is 0 Å². The van der Waals surface area contributed by atoms with Crippen molar-refractivity contribution in [1.82, 2.24) is 4.98 Å². The average Bonchev–Trinajstić information content (AvgIpc) is 2.89. The van der Waals surface area contributed by atoms with Gasteiger partial charge in [0, 0.05) is 30.4 Å². The van der Waals surface area contributed by atoms with Crippen LogP contribution in [0.5, 0.6) is 0 Å². The van der Waals surface area contributed by atoms with E-state index in [-0.39, 0.29) is 0 Å². The van der Waals surface area contributed by atoms with Crippen molar-refractivity contribution in [3.05, 3.63) is 36.5 Å². The van der Waals surface area contributed by atoms with Gasteiger partial charge in [-0.3, -0.25) is 4.98 Å². The Bertz CT molecular complexity index is 501. The van der Waals surface area contributed by atoms with E-state index in [9.17, 15) is 0 Å². The number of para-hydroxylation sites is 1. The van der Waals surface area contributed by atoms with Gasteiger partial charge in [-0.05, 0) is 25.0 Å². The number of hydrogen-bond donors (Lipinski definition) is 1. The number of ether oxygens (including phenoxy) is 1. The second kappa shape index (κ2) is 4.72. The van der Waals surface area contributed by atoms with Gasteiger partial charge in [-0.25, -0.2) is 0 Å². The summed E-state index contributed by atoms with van der Waals surface area (Å²) in [6, 6.07) is 10.2. The van der Waals surface area contributed by atoms with Crippen LogP contribution in [-0.2, 0) is 4.74 Å². The highest BCUT2D eigenvalue weighted by molar-refractivity contribution is 5.90. The molecule has 1 aliphatic rings. The number of benzene rings is 1. The van der Waals surface area contributed by atoms with Crippen LogP contribution < -0.4 is 5.32 Å². The number of pyridine rings is 1. The summed E-state index contributed by atoms with van der Waals surface area (Å²) in [5.41, 5.74) is 2.18. The van der Waals surface area contributed by atoms with E-state index in [1.165, 1.54) is 11.8 Å². The SMILES string of the molecule is c1ccc2c(NCC3CCCO3)ccnc2c1. The zero-order valence-electron chi connectivity index (χ0n) is 9.73. The van der Waals surface area contributed by atoms with Gasteiger partial charge in [0.25, 0.3) is 0 Å². The molecule has 1 aromatic heterocycles. The van der Waals surface area contributed by atoms with Gasteiger partial charge in [-0.2, -0.15) is 0 Å². The maximum atomic E-state index is 5.61.